The molecule has 1 aromatic heterocycles. The minimum Gasteiger partial charge on any atom is -0.493 e. The van der Waals surface area contributed by atoms with E-state index in [1.165, 1.54) is 16.7 Å². The van der Waals surface area contributed by atoms with Crippen molar-refractivity contribution in [3.8, 4) is 22.8 Å². The monoisotopic (exact) mass is 465 g/mol. The number of hydrogen-bond acceptors (Lipinski definition) is 7. The molecule has 8 nitrogen and oxygen atoms in total. The highest BCUT2D eigenvalue weighted by molar-refractivity contribution is 7.99. The largest absolute Gasteiger partial charge is 0.493 e. The van der Waals surface area contributed by atoms with E-state index in [-0.39, 0.29) is 17.4 Å². The lowest BCUT2D eigenvalue weighted by atomic mass is 10.1. The van der Waals surface area contributed by atoms with Crippen LogP contribution in [-0.2, 0) is 0 Å². The molecule has 0 fully saturated rings. The van der Waals surface area contributed by atoms with Crippen molar-refractivity contribution >= 4 is 23.6 Å². The molecular formula is C24H23N3O5S. The van der Waals surface area contributed by atoms with Gasteiger partial charge in [-0.2, -0.15) is 0 Å². The number of fused-ring (bicyclic) bond motifs is 1. The van der Waals surface area contributed by atoms with Gasteiger partial charge >= 0.3 is 0 Å². The molecule has 2 amide bonds. The predicted octanol–water partition coefficient (Wildman–Crippen LogP) is 3.54. The SMILES string of the molecule is COc1ccc(-c2nc(SCCCN3C(=O)c4ccccc4C3=O)[nH]c(=O)c2C)cc1OC. The number of benzene rings is 2. The lowest BCUT2D eigenvalue weighted by Crippen LogP contribution is -2.31. The Hall–Kier alpha value is -3.59. The maximum atomic E-state index is 12.5. The molecule has 2 aromatic carbocycles. The fourth-order valence-electron chi connectivity index (χ4n) is 3.68. The zero-order valence-corrected chi connectivity index (χ0v) is 19.3. The molecule has 1 aliphatic rings. The van der Waals surface area contributed by atoms with E-state index in [2.05, 4.69) is 9.97 Å². The van der Waals surface area contributed by atoms with Crippen LogP contribution in [0.5, 0.6) is 11.5 Å². The number of nitrogens with zero attached hydrogens (tertiary/aromatic N) is 2. The summed E-state index contributed by atoms with van der Waals surface area (Å²) in [6.07, 6.45) is 0.569. The Labute approximate surface area is 194 Å². The number of rotatable bonds is 8. The summed E-state index contributed by atoms with van der Waals surface area (Å²) in [6, 6.07) is 12.2. The predicted molar refractivity (Wildman–Crippen MR) is 125 cm³/mol. The van der Waals surface area contributed by atoms with E-state index in [0.29, 0.717) is 57.8 Å². The number of carbonyl (C=O) groups is 2. The zero-order chi connectivity index (χ0) is 23.5. The van der Waals surface area contributed by atoms with Crippen molar-refractivity contribution in [2.45, 2.75) is 18.5 Å². The molecule has 0 bridgehead atoms. The van der Waals surface area contributed by atoms with Crippen LogP contribution in [0.15, 0.2) is 52.4 Å². The maximum Gasteiger partial charge on any atom is 0.261 e. The average Bonchev–Trinajstić information content (AvgIpc) is 3.08. The van der Waals surface area contributed by atoms with Crippen molar-refractivity contribution < 1.29 is 19.1 Å². The van der Waals surface area contributed by atoms with Gasteiger partial charge in [-0.15, -0.1) is 0 Å². The van der Waals surface area contributed by atoms with E-state index < -0.39 is 0 Å². The number of thioether (sulfide) groups is 1. The minimum atomic E-state index is -0.266. The molecule has 0 aliphatic carbocycles. The standard InChI is InChI=1S/C24H23N3O5S/c1-14-20(15-9-10-18(31-2)19(13-15)32-3)25-24(26-21(14)28)33-12-6-11-27-22(29)16-7-4-5-8-17(16)23(27)30/h4-5,7-10,13H,6,11-12H2,1-3H3,(H,25,26,28). The van der Waals surface area contributed by atoms with Gasteiger partial charge in [-0.25, -0.2) is 4.98 Å². The zero-order valence-electron chi connectivity index (χ0n) is 18.5. The van der Waals surface area contributed by atoms with Gasteiger partial charge in [-0.3, -0.25) is 19.3 Å². The van der Waals surface area contributed by atoms with E-state index >= 15 is 0 Å². The third-order valence-electron chi connectivity index (χ3n) is 5.43. The van der Waals surface area contributed by atoms with Crippen LogP contribution < -0.4 is 15.0 Å². The Morgan fingerprint density at radius 2 is 1.64 bits per heavy atom. The summed E-state index contributed by atoms with van der Waals surface area (Å²) in [5.74, 6) is 1.18. The first-order valence-corrected chi connectivity index (χ1v) is 11.3. The number of aromatic nitrogens is 2. The smallest absolute Gasteiger partial charge is 0.261 e. The molecule has 0 unspecified atom stereocenters. The van der Waals surface area contributed by atoms with E-state index in [4.69, 9.17) is 9.47 Å². The number of ether oxygens (including phenoxy) is 2. The van der Waals surface area contributed by atoms with Gasteiger partial charge in [0.1, 0.15) is 0 Å². The highest BCUT2D eigenvalue weighted by atomic mass is 32.2. The molecule has 170 valence electrons. The van der Waals surface area contributed by atoms with Crippen molar-refractivity contribution in [2.75, 3.05) is 26.5 Å². The summed E-state index contributed by atoms with van der Waals surface area (Å²) in [5, 5.41) is 0.470. The number of carbonyl (C=O) groups excluding carboxylic acids is 2. The highest BCUT2D eigenvalue weighted by Crippen LogP contribution is 2.32. The highest BCUT2D eigenvalue weighted by Gasteiger charge is 2.34. The van der Waals surface area contributed by atoms with Gasteiger partial charge in [0, 0.05) is 23.4 Å². The van der Waals surface area contributed by atoms with E-state index in [1.54, 1.807) is 57.5 Å². The van der Waals surface area contributed by atoms with Gasteiger partial charge in [0.15, 0.2) is 16.7 Å². The lowest BCUT2D eigenvalue weighted by molar-refractivity contribution is 0.0655. The number of H-pyrrole nitrogens is 1. The number of nitrogens with one attached hydrogen (secondary N) is 1. The van der Waals surface area contributed by atoms with Gasteiger partial charge in [0.25, 0.3) is 17.4 Å². The molecule has 0 saturated carbocycles. The summed E-state index contributed by atoms with van der Waals surface area (Å²) >= 11 is 1.37. The summed E-state index contributed by atoms with van der Waals surface area (Å²) in [6.45, 7) is 2.02. The third kappa shape index (κ3) is 4.36. The number of methoxy groups -OCH3 is 2. The Morgan fingerprint density at radius 1 is 0.970 bits per heavy atom. The second-order valence-electron chi connectivity index (χ2n) is 7.42. The summed E-state index contributed by atoms with van der Waals surface area (Å²) < 4.78 is 10.6. The van der Waals surface area contributed by atoms with Crippen LogP contribution in [-0.4, -0.2) is 53.2 Å². The molecule has 0 radical (unpaired) electrons. The molecule has 4 rings (SSSR count). The van der Waals surface area contributed by atoms with Crippen molar-refractivity contribution in [1.29, 1.82) is 0 Å². The molecule has 33 heavy (non-hydrogen) atoms. The van der Waals surface area contributed by atoms with Crippen LogP contribution in [0.3, 0.4) is 0 Å². The van der Waals surface area contributed by atoms with Crippen LogP contribution >= 0.6 is 11.8 Å². The molecular weight excluding hydrogens is 442 g/mol. The van der Waals surface area contributed by atoms with Crippen molar-refractivity contribution in [3.05, 3.63) is 69.5 Å². The second kappa shape index (κ2) is 9.50. The first-order chi connectivity index (χ1) is 15.9. The molecule has 2 heterocycles. The van der Waals surface area contributed by atoms with Crippen LogP contribution in [0.2, 0.25) is 0 Å². The first-order valence-electron chi connectivity index (χ1n) is 10.4. The molecule has 3 aromatic rings. The minimum absolute atomic E-state index is 0.224. The summed E-state index contributed by atoms with van der Waals surface area (Å²) in [5.41, 5.74) is 2.46. The Balaban J connectivity index is 1.45. The van der Waals surface area contributed by atoms with Gasteiger partial charge in [-0.1, -0.05) is 23.9 Å². The van der Waals surface area contributed by atoms with Gasteiger partial charge in [-0.05, 0) is 43.7 Å². The Bertz CT molecular complexity index is 1250. The number of amides is 2. The number of hydrogen-bond donors (Lipinski definition) is 1. The molecule has 1 aliphatic heterocycles. The van der Waals surface area contributed by atoms with Gasteiger partial charge < -0.3 is 14.5 Å². The third-order valence-corrected chi connectivity index (χ3v) is 6.39. The summed E-state index contributed by atoms with van der Waals surface area (Å²) in [7, 11) is 3.11. The van der Waals surface area contributed by atoms with E-state index in [0.717, 1.165) is 5.56 Å². The lowest BCUT2D eigenvalue weighted by Gasteiger charge is -2.13. The average molecular weight is 466 g/mol. The first kappa shape index (κ1) is 22.6. The van der Waals surface area contributed by atoms with Crippen molar-refractivity contribution in [1.82, 2.24) is 14.9 Å². The quantitative estimate of drug-likeness (QED) is 0.235. The maximum absolute atomic E-state index is 12.5. The second-order valence-corrected chi connectivity index (χ2v) is 8.51. The molecule has 0 saturated heterocycles. The normalized spacial score (nSPS) is 12.8. The Morgan fingerprint density at radius 3 is 2.27 bits per heavy atom. The van der Waals surface area contributed by atoms with Gasteiger partial charge in [0.2, 0.25) is 0 Å². The Kier molecular flexibility index (Phi) is 6.50. The topological polar surface area (TPSA) is 102 Å². The van der Waals surface area contributed by atoms with Crippen molar-refractivity contribution in [2.24, 2.45) is 0 Å². The van der Waals surface area contributed by atoms with Crippen LogP contribution in [0.25, 0.3) is 11.3 Å². The van der Waals surface area contributed by atoms with E-state index in [9.17, 15) is 14.4 Å². The van der Waals surface area contributed by atoms with Gasteiger partial charge in [0.05, 0.1) is 31.0 Å². The molecule has 1 N–H and O–H groups in total. The molecule has 9 heteroatoms. The molecule has 0 atom stereocenters. The van der Waals surface area contributed by atoms with Crippen LogP contribution in [0.1, 0.15) is 32.7 Å². The van der Waals surface area contributed by atoms with E-state index in [1.807, 2.05) is 6.07 Å². The summed E-state index contributed by atoms with van der Waals surface area (Å²) in [4.78, 5) is 46.1. The number of aromatic amines is 1. The number of imide groups is 1. The molecule has 0 spiro atoms. The fraction of sp³-hybridized carbons (Fsp3) is 0.250. The van der Waals surface area contributed by atoms with Crippen LogP contribution in [0, 0.1) is 6.92 Å². The van der Waals surface area contributed by atoms with Crippen molar-refractivity contribution in [3.63, 3.8) is 0 Å². The fourth-order valence-corrected chi connectivity index (χ4v) is 4.47. The van der Waals surface area contributed by atoms with Crippen LogP contribution in [0.4, 0.5) is 0 Å².